The lowest BCUT2D eigenvalue weighted by molar-refractivity contribution is 0.252. The lowest BCUT2D eigenvalue weighted by Gasteiger charge is -2.28. The van der Waals surface area contributed by atoms with E-state index in [9.17, 15) is 9.18 Å². The summed E-state index contributed by atoms with van der Waals surface area (Å²) in [5, 5.41) is 8.62. The number of urea groups is 1. The SMILES string of the molecule is Cc1nc(NCCNC(=O)Nc2ccc(F)cc2)cc(N2CCCCC2)n1. The zero-order valence-electron chi connectivity index (χ0n) is 15.5. The zero-order chi connectivity index (χ0) is 19.1. The lowest BCUT2D eigenvalue weighted by Crippen LogP contribution is -2.33. The van der Waals surface area contributed by atoms with E-state index < -0.39 is 0 Å². The molecule has 2 heterocycles. The van der Waals surface area contributed by atoms with Gasteiger partial charge >= 0.3 is 6.03 Å². The van der Waals surface area contributed by atoms with Crippen LogP contribution in [-0.4, -0.2) is 42.2 Å². The fraction of sp³-hybridized carbons (Fsp3) is 0.421. The molecule has 0 saturated carbocycles. The second-order valence-corrected chi connectivity index (χ2v) is 6.52. The number of hydrogen-bond acceptors (Lipinski definition) is 5. The van der Waals surface area contributed by atoms with Crippen molar-refractivity contribution >= 4 is 23.4 Å². The molecule has 0 spiro atoms. The number of hydrogen-bond donors (Lipinski definition) is 3. The van der Waals surface area contributed by atoms with Crippen LogP contribution in [0.3, 0.4) is 0 Å². The fourth-order valence-electron chi connectivity index (χ4n) is 3.00. The molecule has 8 heteroatoms. The van der Waals surface area contributed by atoms with Crippen molar-refractivity contribution < 1.29 is 9.18 Å². The van der Waals surface area contributed by atoms with Gasteiger partial charge in [0.1, 0.15) is 23.3 Å². The number of amides is 2. The second-order valence-electron chi connectivity index (χ2n) is 6.52. The first-order chi connectivity index (χ1) is 13.1. The molecule has 0 atom stereocenters. The predicted octanol–water partition coefficient (Wildman–Crippen LogP) is 3.15. The molecule has 0 aliphatic carbocycles. The van der Waals surface area contributed by atoms with Crippen LogP contribution in [0.2, 0.25) is 0 Å². The predicted molar refractivity (Wildman–Crippen MR) is 105 cm³/mol. The van der Waals surface area contributed by atoms with Gasteiger partial charge in [-0.2, -0.15) is 0 Å². The van der Waals surface area contributed by atoms with Gasteiger partial charge in [-0.25, -0.2) is 19.2 Å². The number of aryl methyl sites for hydroxylation is 1. The third-order valence-corrected chi connectivity index (χ3v) is 4.32. The zero-order valence-corrected chi connectivity index (χ0v) is 15.5. The average Bonchev–Trinajstić information content (AvgIpc) is 2.67. The van der Waals surface area contributed by atoms with Crippen molar-refractivity contribution in [2.45, 2.75) is 26.2 Å². The molecule has 2 amide bonds. The third-order valence-electron chi connectivity index (χ3n) is 4.32. The molecular weight excluding hydrogens is 347 g/mol. The summed E-state index contributed by atoms with van der Waals surface area (Å²) in [6, 6.07) is 7.24. The number of halogens is 1. The topological polar surface area (TPSA) is 82.2 Å². The summed E-state index contributed by atoms with van der Waals surface area (Å²) in [4.78, 5) is 23.1. The Balaban J connectivity index is 1.45. The maximum absolute atomic E-state index is 12.9. The number of piperidine rings is 1. The summed E-state index contributed by atoms with van der Waals surface area (Å²) in [6.45, 7) is 4.90. The molecule has 3 N–H and O–H groups in total. The van der Waals surface area contributed by atoms with Gasteiger partial charge < -0.3 is 20.9 Å². The van der Waals surface area contributed by atoms with E-state index in [4.69, 9.17) is 0 Å². The van der Waals surface area contributed by atoms with Crippen molar-refractivity contribution in [2.75, 3.05) is 41.7 Å². The van der Waals surface area contributed by atoms with Crippen LogP contribution in [0.25, 0.3) is 0 Å². The Kier molecular flexibility index (Phi) is 6.40. The standard InChI is InChI=1S/C19H25FN6O/c1-14-23-17(13-18(24-14)26-11-3-2-4-12-26)21-9-10-22-19(27)25-16-7-5-15(20)6-8-16/h5-8,13H,2-4,9-12H2,1H3,(H,21,23,24)(H2,22,25,27). The number of anilines is 3. The number of aromatic nitrogens is 2. The molecule has 144 valence electrons. The first-order valence-corrected chi connectivity index (χ1v) is 9.25. The Bertz CT molecular complexity index is 761. The Morgan fingerprint density at radius 1 is 1.11 bits per heavy atom. The highest BCUT2D eigenvalue weighted by Gasteiger charge is 2.13. The molecule has 1 aliphatic heterocycles. The van der Waals surface area contributed by atoms with Crippen LogP contribution < -0.4 is 20.9 Å². The monoisotopic (exact) mass is 372 g/mol. The summed E-state index contributed by atoms with van der Waals surface area (Å²) in [5.41, 5.74) is 0.541. The van der Waals surface area contributed by atoms with Gasteiger partial charge in [-0.15, -0.1) is 0 Å². The van der Waals surface area contributed by atoms with Crippen LogP contribution in [0.1, 0.15) is 25.1 Å². The lowest BCUT2D eigenvalue weighted by atomic mass is 10.1. The fourth-order valence-corrected chi connectivity index (χ4v) is 3.00. The molecule has 2 aromatic rings. The summed E-state index contributed by atoms with van der Waals surface area (Å²) in [5.74, 6) is 2.09. The van der Waals surface area contributed by atoms with Gasteiger partial charge in [-0.05, 0) is 50.5 Å². The van der Waals surface area contributed by atoms with E-state index in [0.29, 0.717) is 18.8 Å². The van der Waals surface area contributed by atoms with Crippen LogP contribution in [0.15, 0.2) is 30.3 Å². The van der Waals surface area contributed by atoms with Gasteiger partial charge in [0.15, 0.2) is 0 Å². The molecule has 7 nitrogen and oxygen atoms in total. The summed E-state index contributed by atoms with van der Waals surface area (Å²) < 4.78 is 12.9. The van der Waals surface area contributed by atoms with Gasteiger partial charge in [0, 0.05) is 37.9 Å². The Hall–Kier alpha value is -2.90. The normalized spacial score (nSPS) is 13.9. The molecule has 0 bridgehead atoms. The molecular formula is C19H25FN6O. The van der Waals surface area contributed by atoms with Gasteiger partial charge in [-0.3, -0.25) is 0 Å². The first-order valence-electron chi connectivity index (χ1n) is 9.25. The van der Waals surface area contributed by atoms with E-state index in [1.54, 1.807) is 0 Å². The molecule has 1 aromatic heterocycles. The van der Waals surface area contributed by atoms with Crippen LogP contribution in [-0.2, 0) is 0 Å². The Labute approximate surface area is 158 Å². The van der Waals surface area contributed by atoms with Crippen molar-refractivity contribution in [2.24, 2.45) is 0 Å². The van der Waals surface area contributed by atoms with Crippen molar-refractivity contribution in [3.63, 3.8) is 0 Å². The number of nitrogens with one attached hydrogen (secondary N) is 3. The third kappa shape index (κ3) is 5.80. The van der Waals surface area contributed by atoms with E-state index >= 15 is 0 Å². The van der Waals surface area contributed by atoms with Crippen molar-refractivity contribution in [1.82, 2.24) is 15.3 Å². The van der Waals surface area contributed by atoms with Gasteiger partial charge in [0.05, 0.1) is 0 Å². The molecule has 0 unspecified atom stereocenters. The van der Waals surface area contributed by atoms with Crippen LogP contribution in [0.5, 0.6) is 0 Å². The van der Waals surface area contributed by atoms with Gasteiger partial charge in [-0.1, -0.05) is 0 Å². The van der Waals surface area contributed by atoms with Crippen molar-refractivity contribution in [3.05, 3.63) is 42.0 Å². The molecule has 3 rings (SSSR count). The van der Waals surface area contributed by atoms with E-state index in [1.807, 2.05) is 13.0 Å². The number of benzene rings is 1. The largest absolute Gasteiger partial charge is 0.368 e. The maximum atomic E-state index is 12.9. The van der Waals surface area contributed by atoms with E-state index in [-0.39, 0.29) is 11.8 Å². The summed E-state index contributed by atoms with van der Waals surface area (Å²) >= 11 is 0. The summed E-state index contributed by atoms with van der Waals surface area (Å²) in [7, 11) is 0. The van der Waals surface area contributed by atoms with Crippen LogP contribution >= 0.6 is 0 Å². The first kappa shape index (κ1) is 18.9. The van der Waals surface area contributed by atoms with E-state index in [0.717, 1.165) is 30.5 Å². The number of nitrogens with zero attached hydrogens (tertiary/aromatic N) is 3. The van der Waals surface area contributed by atoms with Crippen molar-refractivity contribution in [1.29, 1.82) is 0 Å². The second kappa shape index (κ2) is 9.16. The highest BCUT2D eigenvalue weighted by molar-refractivity contribution is 5.89. The van der Waals surface area contributed by atoms with E-state index in [2.05, 4.69) is 30.8 Å². The Morgan fingerprint density at radius 3 is 2.59 bits per heavy atom. The number of carbonyl (C=O) groups is 1. The highest BCUT2D eigenvalue weighted by atomic mass is 19.1. The molecule has 27 heavy (non-hydrogen) atoms. The Morgan fingerprint density at radius 2 is 1.85 bits per heavy atom. The smallest absolute Gasteiger partial charge is 0.319 e. The number of rotatable bonds is 6. The minimum Gasteiger partial charge on any atom is -0.368 e. The number of carbonyl (C=O) groups excluding carboxylic acids is 1. The molecule has 0 radical (unpaired) electrons. The van der Waals surface area contributed by atoms with Gasteiger partial charge in [0.2, 0.25) is 0 Å². The van der Waals surface area contributed by atoms with Crippen LogP contribution in [0, 0.1) is 12.7 Å². The minimum absolute atomic E-state index is 0.337. The van der Waals surface area contributed by atoms with E-state index in [1.165, 1.54) is 43.5 Å². The quantitative estimate of drug-likeness (QED) is 0.679. The maximum Gasteiger partial charge on any atom is 0.319 e. The van der Waals surface area contributed by atoms with Crippen molar-refractivity contribution in [3.8, 4) is 0 Å². The minimum atomic E-state index is -0.339. The molecule has 1 fully saturated rings. The highest BCUT2D eigenvalue weighted by Crippen LogP contribution is 2.20. The molecule has 1 aliphatic rings. The van der Waals surface area contributed by atoms with Gasteiger partial charge in [0.25, 0.3) is 0 Å². The molecule has 1 aromatic carbocycles. The average molecular weight is 372 g/mol. The summed E-state index contributed by atoms with van der Waals surface area (Å²) in [6.07, 6.45) is 3.66. The van der Waals surface area contributed by atoms with Crippen LogP contribution in [0.4, 0.5) is 26.5 Å². The molecule has 1 saturated heterocycles.